The van der Waals surface area contributed by atoms with Crippen LogP contribution >= 0.6 is 34.9 Å². The van der Waals surface area contributed by atoms with Crippen LogP contribution in [0, 0.1) is 6.92 Å². The van der Waals surface area contributed by atoms with Crippen LogP contribution in [0.2, 0.25) is 0 Å². The Labute approximate surface area is 165 Å². The third kappa shape index (κ3) is 6.30. The predicted molar refractivity (Wildman–Crippen MR) is 110 cm³/mol. The van der Waals surface area contributed by atoms with Crippen molar-refractivity contribution in [3.8, 4) is 0 Å². The number of anilines is 1. The monoisotopic (exact) mass is 410 g/mol. The molecule has 1 aromatic heterocycles. The molecule has 1 aromatic carbocycles. The van der Waals surface area contributed by atoms with Gasteiger partial charge in [0.1, 0.15) is 6.04 Å². The minimum atomic E-state index is -0.623. The van der Waals surface area contributed by atoms with Gasteiger partial charge in [-0.1, -0.05) is 47.7 Å². The van der Waals surface area contributed by atoms with Crippen molar-refractivity contribution >= 4 is 51.8 Å². The van der Waals surface area contributed by atoms with Crippen molar-refractivity contribution in [2.45, 2.75) is 30.6 Å². The second kappa shape index (κ2) is 10.5. The molecule has 0 aliphatic carbocycles. The Kier molecular flexibility index (Phi) is 8.40. The van der Waals surface area contributed by atoms with Gasteiger partial charge in [0, 0.05) is 5.56 Å². The molecule has 0 aliphatic rings. The first-order valence-electron chi connectivity index (χ1n) is 8.17. The van der Waals surface area contributed by atoms with E-state index < -0.39 is 6.04 Å². The van der Waals surface area contributed by atoms with Gasteiger partial charge in [0.15, 0.2) is 4.34 Å². The average molecular weight is 411 g/mol. The molecule has 1 atom stereocenters. The average Bonchev–Trinajstić information content (AvgIpc) is 3.05. The highest BCUT2D eigenvalue weighted by molar-refractivity contribution is 8.01. The fourth-order valence-electron chi connectivity index (χ4n) is 2.17. The summed E-state index contributed by atoms with van der Waals surface area (Å²) in [5, 5.41) is 14.1. The topological polar surface area (TPSA) is 84.0 Å². The molecule has 9 heteroatoms. The maximum Gasteiger partial charge on any atom is 0.251 e. The van der Waals surface area contributed by atoms with Gasteiger partial charge in [0.05, 0.1) is 0 Å². The van der Waals surface area contributed by atoms with Crippen molar-refractivity contribution in [3.63, 3.8) is 0 Å². The summed E-state index contributed by atoms with van der Waals surface area (Å²) in [5.74, 6) is 1.13. The Morgan fingerprint density at radius 3 is 2.81 bits per heavy atom. The van der Waals surface area contributed by atoms with Crippen LogP contribution in [0.25, 0.3) is 0 Å². The standard InChI is InChI=1S/C17H22N4O2S3/c1-4-25-17-21-20-16(26-17)19-15(23)13(8-9-24-3)18-14(22)12-7-5-6-11(2)10-12/h5-7,10,13H,4,8-9H2,1-3H3,(H,18,22)(H,19,20,23). The Hall–Kier alpha value is -1.58. The maximum atomic E-state index is 12.6. The molecule has 6 nitrogen and oxygen atoms in total. The third-order valence-corrected chi connectivity index (χ3v) is 5.92. The van der Waals surface area contributed by atoms with Crippen molar-refractivity contribution in [2.75, 3.05) is 23.1 Å². The van der Waals surface area contributed by atoms with E-state index in [1.807, 2.05) is 32.2 Å². The lowest BCUT2D eigenvalue weighted by Crippen LogP contribution is -2.44. The summed E-state index contributed by atoms with van der Waals surface area (Å²) in [6.45, 7) is 3.96. The fourth-order valence-corrected chi connectivity index (χ4v) is 4.29. The van der Waals surface area contributed by atoms with Gasteiger partial charge in [-0.3, -0.25) is 14.9 Å². The molecule has 2 rings (SSSR count). The molecule has 0 fully saturated rings. The van der Waals surface area contributed by atoms with E-state index in [0.717, 1.165) is 21.4 Å². The first-order valence-corrected chi connectivity index (χ1v) is 11.4. The van der Waals surface area contributed by atoms with Crippen molar-refractivity contribution in [2.24, 2.45) is 0 Å². The lowest BCUT2D eigenvalue weighted by molar-refractivity contribution is -0.118. The number of nitrogens with zero attached hydrogens (tertiary/aromatic N) is 2. The first-order chi connectivity index (χ1) is 12.5. The first kappa shape index (κ1) is 20.7. The number of thioether (sulfide) groups is 2. The van der Waals surface area contributed by atoms with Gasteiger partial charge in [-0.05, 0) is 43.2 Å². The lowest BCUT2D eigenvalue weighted by atomic mass is 10.1. The summed E-state index contributed by atoms with van der Waals surface area (Å²) in [7, 11) is 0. The number of carbonyl (C=O) groups excluding carboxylic acids is 2. The predicted octanol–water partition coefficient (Wildman–Crippen LogP) is 3.45. The number of rotatable bonds is 9. The van der Waals surface area contributed by atoms with Crippen LogP contribution in [-0.2, 0) is 4.79 Å². The van der Waals surface area contributed by atoms with Crippen molar-refractivity contribution in [3.05, 3.63) is 35.4 Å². The Balaban J connectivity index is 2.04. The van der Waals surface area contributed by atoms with E-state index in [9.17, 15) is 9.59 Å². The molecule has 0 bridgehead atoms. The number of aryl methyl sites for hydroxylation is 1. The highest BCUT2D eigenvalue weighted by Crippen LogP contribution is 2.25. The van der Waals surface area contributed by atoms with Crippen LogP contribution in [0.5, 0.6) is 0 Å². The number of hydrogen-bond acceptors (Lipinski definition) is 7. The van der Waals surface area contributed by atoms with E-state index in [2.05, 4.69) is 20.8 Å². The zero-order valence-electron chi connectivity index (χ0n) is 14.9. The smallest absolute Gasteiger partial charge is 0.251 e. The van der Waals surface area contributed by atoms with Crippen LogP contribution in [-0.4, -0.2) is 45.8 Å². The molecular weight excluding hydrogens is 388 g/mol. The summed E-state index contributed by atoms with van der Waals surface area (Å²) >= 11 is 4.54. The molecule has 1 unspecified atom stereocenters. The molecule has 26 heavy (non-hydrogen) atoms. The Bertz CT molecular complexity index is 751. The normalized spacial score (nSPS) is 11.8. The minimum Gasteiger partial charge on any atom is -0.340 e. The van der Waals surface area contributed by atoms with Gasteiger partial charge >= 0.3 is 0 Å². The largest absolute Gasteiger partial charge is 0.340 e. The molecular formula is C17H22N4O2S3. The summed E-state index contributed by atoms with van der Waals surface area (Å²) in [6.07, 6.45) is 2.51. The molecule has 140 valence electrons. The molecule has 2 amide bonds. The number of carbonyl (C=O) groups is 2. The van der Waals surface area contributed by atoms with Crippen molar-refractivity contribution in [1.29, 1.82) is 0 Å². The van der Waals surface area contributed by atoms with Crippen LogP contribution in [0.4, 0.5) is 5.13 Å². The maximum absolute atomic E-state index is 12.6. The second-order valence-electron chi connectivity index (χ2n) is 5.47. The van der Waals surface area contributed by atoms with Crippen molar-refractivity contribution < 1.29 is 9.59 Å². The van der Waals surface area contributed by atoms with Gasteiger partial charge < -0.3 is 5.32 Å². The minimum absolute atomic E-state index is 0.255. The van der Waals surface area contributed by atoms with Gasteiger partial charge in [-0.15, -0.1) is 10.2 Å². The quantitative estimate of drug-likeness (QED) is 0.487. The third-order valence-electron chi connectivity index (χ3n) is 3.42. The number of amides is 2. The Morgan fingerprint density at radius 2 is 2.12 bits per heavy atom. The molecule has 1 heterocycles. The molecule has 0 saturated carbocycles. The number of hydrogen-bond donors (Lipinski definition) is 2. The van der Waals surface area contributed by atoms with Crippen LogP contribution in [0.15, 0.2) is 28.6 Å². The van der Waals surface area contributed by atoms with E-state index in [4.69, 9.17) is 0 Å². The van der Waals surface area contributed by atoms with E-state index >= 15 is 0 Å². The lowest BCUT2D eigenvalue weighted by Gasteiger charge is -2.17. The summed E-state index contributed by atoms with van der Waals surface area (Å²) in [6, 6.07) is 6.68. The number of nitrogens with one attached hydrogen (secondary N) is 2. The molecule has 2 aromatic rings. The summed E-state index contributed by atoms with van der Waals surface area (Å²) in [4.78, 5) is 25.1. The van der Waals surface area contributed by atoms with Crippen LogP contribution in [0.3, 0.4) is 0 Å². The van der Waals surface area contributed by atoms with Crippen LogP contribution < -0.4 is 10.6 Å². The summed E-state index contributed by atoms with van der Waals surface area (Å²) < 4.78 is 0.812. The van der Waals surface area contributed by atoms with Gasteiger partial charge in [0.2, 0.25) is 11.0 Å². The van der Waals surface area contributed by atoms with Gasteiger partial charge in [-0.25, -0.2) is 0 Å². The van der Waals surface area contributed by atoms with Crippen molar-refractivity contribution in [1.82, 2.24) is 15.5 Å². The highest BCUT2D eigenvalue weighted by atomic mass is 32.2. The van der Waals surface area contributed by atoms with Gasteiger partial charge in [-0.2, -0.15) is 11.8 Å². The molecule has 2 N–H and O–H groups in total. The number of benzene rings is 1. The zero-order chi connectivity index (χ0) is 18.9. The van der Waals surface area contributed by atoms with E-state index in [1.165, 1.54) is 11.3 Å². The van der Waals surface area contributed by atoms with Crippen LogP contribution in [0.1, 0.15) is 29.3 Å². The molecule has 0 saturated heterocycles. The summed E-state index contributed by atoms with van der Waals surface area (Å²) in [5.41, 5.74) is 1.54. The highest BCUT2D eigenvalue weighted by Gasteiger charge is 2.22. The van der Waals surface area contributed by atoms with E-state index in [0.29, 0.717) is 17.1 Å². The van der Waals surface area contributed by atoms with E-state index in [-0.39, 0.29) is 11.8 Å². The second-order valence-corrected chi connectivity index (χ2v) is 8.95. The molecule has 0 radical (unpaired) electrons. The molecule has 0 spiro atoms. The van der Waals surface area contributed by atoms with Gasteiger partial charge in [0.25, 0.3) is 5.91 Å². The SMILES string of the molecule is CCSc1nnc(NC(=O)C(CCSC)NC(=O)c2cccc(C)c2)s1. The Morgan fingerprint density at radius 1 is 1.31 bits per heavy atom. The number of aromatic nitrogens is 2. The van der Waals surface area contributed by atoms with E-state index in [1.54, 1.807) is 35.7 Å². The fraction of sp³-hybridized carbons (Fsp3) is 0.412. The zero-order valence-corrected chi connectivity index (χ0v) is 17.4. The molecule has 0 aliphatic heterocycles.